The van der Waals surface area contributed by atoms with Gasteiger partial charge >= 0.3 is 0 Å². The third-order valence-corrected chi connectivity index (χ3v) is 2.99. The van der Waals surface area contributed by atoms with E-state index in [1.54, 1.807) is 6.07 Å². The fourth-order valence-corrected chi connectivity index (χ4v) is 2.11. The molecule has 2 heteroatoms. The van der Waals surface area contributed by atoms with Crippen LogP contribution in [0.4, 0.5) is 0 Å². The Morgan fingerprint density at radius 2 is 2.00 bits per heavy atom. The number of rotatable bonds is 1. The average molecular weight is 223 g/mol. The smallest absolute Gasteiger partial charge is 0.127 e. The second-order valence-corrected chi connectivity index (χ2v) is 4.18. The first-order valence-corrected chi connectivity index (χ1v) is 5.80. The number of para-hydroxylation sites is 1. The summed E-state index contributed by atoms with van der Waals surface area (Å²) in [6.45, 7) is 0. The molecule has 0 atom stereocenters. The van der Waals surface area contributed by atoms with Gasteiger partial charge in [-0.2, -0.15) is 0 Å². The molecule has 1 N–H and O–H groups in total. The van der Waals surface area contributed by atoms with E-state index >= 15 is 0 Å². The first-order chi connectivity index (χ1) is 8.34. The molecule has 0 radical (unpaired) electrons. The molecule has 2 nitrogen and oxygen atoms in total. The van der Waals surface area contributed by atoms with Crippen molar-refractivity contribution in [3.63, 3.8) is 0 Å². The lowest BCUT2D eigenvalue weighted by molar-refractivity contribution is 0.481. The maximum atomic E-state index is 9.99. The van der Waals surface area contributed by atoms with Gasteiger partial charge in [-0.05, 0) is 30.5 Å². The van der Waals surface area contributed by atoms with Crippen LogP contribution in [-0.2, 0) is 0 Å². The van der Waals surface area contributed by atoms with Gasteiger partial charge in [-0.15, -0.1) is 0 Å². The van der Waals surface area contributed by atoms with Gasteiger partial charge in [-0.3, -0.25) is 0 Å². The first-order valence-electron chi connectivity index (χ1n) is 5.80. The number of allylic oxidation sites excluding steroid dienone is 4. The van der Waals surface area contributed by atoms with Crippen LogP contribution in [0.2, 0.25) is 0 Å². The Bertz CT molecular complexity index is 626. The molecule has 84 valence electrons. The second kappa shape index (κ2) is 4.06. The predicted octanol–water partition coefficient (Wildman–Crippen LogP) is 3.67. The maximum absolute atomic E-state index is 9.99. The van der Waals surface area contributed by atoms with E-state index in [4.69, 9.17) is 0 Å². The summed E-state index contributed by atoms with van der Waals surface area (Å²) in [5, 5.41) is 10.8. The van der Waals surface area contributed by atoms with Crippen molar-refractivity contribution >= 4 is 16.5 Å². The zero-order chi connectivity index (χ0) is 11.7. The number of hydrogen-bond donors (Lipinski definition) is 1. The quantitative estimate of drug-likeness (QED) is 0.800. The van der Waals surface area contributed by atoms with Crippen molar-refractivity contribution in [1.29, 1.82) is 0 Å². The number of pyridine rings is 1. The molecule has 17 heavy (non-hydrogen) atoms. The molecule has 2 aromatic rings. The summed E-state index contributed by atoms with van der Waals surface area (Å²) in [7, 11) is 0. The van der Waals surface area contributed by atoms with E-state index < -0.39 is 0 Å². The molecule has 1 aliphatic carbocycles. The molecular weight excluding hydrogens is 210 g/mol. The van der Waals surface area contributed by atoms with Crippen LogP contribution in [0.5, 0.6) is 5.75 Å². The van der Waals surface area contributed by atoms with Crippen LogP contribution >= 0.6 is 0 Å². The van der Waals surface area contributed by atoms with Gasteiger partial charge in [0.2, 0.25) is 0 Å². The van der Waals surface area contributed by atoms with Crippen LogP contribution in [0.3, 0.4) is 0 Å². The average Bonchev–Trinajstić information content (AvgIpc) is 2.40. The highest BCUT2D eigenvalue weighted by atomic mass is 16.3. The monoisotopic (exact) mass is 223 g/mol. The van der Waals surface area contributed by atoms with Crippen LogP contribution in [-0.4, -0.2) is 10.1 Å². The van der Waals surface area contributed by atoms with Crippen molar-refractivity contribution in [1.82, 2.24) is 4.98 Å². The molecule has 0 aliphatic heterocycles. The summed E-state index contributed by atoms with van der Waals surface area (Å²) >= 11 is 0. The number of hydrogen-bond acceptors (Lipinski definition) is 2. The minimum Gasteiger partial charge on any atom is -0.507 e. The second-order valence-electron chi connectivity index (χ2n) is 4.18. The molecule has 1 heterocycles. The summed E-state index contributed by atoms with van der Waals surface area (Å²) < 4.78 is 0. The normalized spacial score (nSPS) is 14.9. The zero-order valence-corrected chi connectivity index (χ0v) is 9.43. The Morgan fingerprint density at radius 3 is 2.82 bits per heavy atom. The predicted molar refractivity (Wildman–Crippen MR) is 69.8 cm³/mol. The Hall–Kier alpha value is -2.09. The van der Waals surface area contributed by atoms with E-state index in [0.717, 1.165) is 35.0 Å². The minimum atomic E-state index is 0.297. The van der Waals surface area contributed by atoms with Gasteiger partial charge in [-0.1, -0.05) is 30.4 Å². The molecule has 0 spiro atoms. The Labute approximate surface area is 99.9 Å². The van der Waals surface area contributed by atoms with Gasteiger partial charge in [0.1, 0.15) is 5.75 Å². The molecular formula is C15H13NO. The number of aromatic hydroxyl groups is 1. The number of aromatic nitrogens is 1. The zero-order valence-electron chi connectivity index (χ0n) is 9.43. The van der Waals surface area contributed by atoms with Crippen molar-refractivity contribution in [2.45, 2.75) is 12.8 Å². The largest absolute Gasteiger partial charge is 0.507 e. The lowest BCUT2D eigenvalue weighted by Gasteiger charge is -2.08. The van der Waals surface area contributed by atoms with Gasteiger partial charge < -0.3 is 5.11 Å². The van der Waals surface area contributed by atoms with Gasteiger partial charge in [-0.25, -0.2) is 4.98 Å². The highest BCUT2D eigenvalue weighted by Gasteiger charge is 2.07. The Morgan fingerprint density at radius 1 is 1.12 bits per heavy atom. The van der Waals surface area contributed by atoms with Crippen LogP contribution in [0.15, 0.2) is 48.6 Å². The van der Waals surface area contributed by atoms with Gasteiger partial charge in [0.15, 0.2) is 0 Å². The highest BCUT2D eigenvalue weighted by Crippen LogP contribution is 2.28. The molecule has 0 unspecified atom stereocenters. The SMILES string of the molecule is Oc1cc(C2=CCCC=C2)nc2ccccc12. The third-order valence-electron chi connectivity index (χ3n) is 2.99. The van der Waals surface area contributed by atoms with Crippen LogP contribution < -0.4 is 0 Å². The number of nitrogens with zero attached hydrogens (tertiary/aromatic N) is 1. The lowest BCUT2D eigenvalue weighted by Crippen LogP contribution is -1.91. The molecule has 0 saturated heterocycles. The van der Waals surface area contributed by atoms with Crippen molar-refractivity contribution in [3.05, 3.63) is 54.3 Å². The van der Waals surface area contributed by atoms with Crippen molar-refractivity contribution in [2.75, 3.05) is 0 Å². The summed E-state index contributed by atoms with van der Waals surface area (Å²) in [4.78, 5) is 4.58. The molecule has 0 amide bonds. The topological polar surface area (TPSA) is 33.1 Å². The van der Waals surface area contributed by atoms with Gasteiger partial charge in [0.25, 0.3) is 0 Å². The molecule has 0 saturated carbocycles. The molecule has 1 aromatic heterocycles. The maximum Gasteiger partial charge on any atom is 0.127 e. The van der Waals surface area contributed by atoms with Crippen molar-refractivity contribution in [3.8, 4) is 5.75 Å². The molecule has 3 rings (SSSR count). The molecule has 1 aliphatic rings. The van der Waals surface area contributed by atoms with Crippen molar-refractivity contribution < 1.29 is 5.11 Å². The fraction of sp³-hybridized carbons (Fsp3) is 0.133. The molecule has 0 bridgehead atoms. The number of benzene rings is 1. The first kappa shape index (κ1) is 10.1. The summed E-state index contributed by atoms with van der Waals surface area (Å²) in [6, 6.07) is 9.38. The summed E-state index contributed by atoms with van der Waals surface area (Å²) in [5.41, 5.74) is 2.77. The third kappa shape index (κ3) is 1.82. The minimum absolute atomic E-state index is 0.297. The van der Waals surface area contributed by atoms with E-state index in [1.807, 2.05) is 24.3 Å². The van der Waals surface area contributed by atoms with Crippen molar-refractivity contribution in [2.24, 2.45) is 0 Å². The van der Waals surface area contributed by atoms with E-state index in [9.17, 15) is 5.11 Å². The van der Waals surface area contributed by atoms with Gasteiger partial charge in [0.05, 0.1) is 11.2 Å². The van der Waals surface area contributed by atoms with Crippen LogP contribution in [0.25, 0.3) is 16.5 Å². The Balaban J connectivity index is 2.18. The van der Waals surface area contributed by atoms with E-state index in [1.165, 1.54) is 0 Å². The van der Waals surface area contributed by atoms with Gasteiger partial charge in [0, 0.05) is 11.5 Å². The van der Waals surface area contributed by atoms with Crippen LogP contribution in [0.1, 0.15) is 18.5 Å². The molecule has 0 fully saturated rings. The highest BCUT2D eigenvalue weighted by molar-refractivity contribution is 5.88. The number of fused-ring (bicyclic) bond motifs is 1. The Kier molecular flexibility index (Phi) is 2.41. The lowest BCUT2D eigenvalue weighted by atomic mass is 10.0. The molecule has 1 aromatic carbocycles. The fourth-order valence-electron chi connectivity index (χ4n) is 2.11. The van der Waals surface area contributed by atoms with E-state index in [-0.39, 0.29) is 0 Å². The van der Waals surface area contributed by atoms with E-state index in [0.29, 0.717) is 5.75 Å². The summed E-state index contributed by atoms with van der Waals surface area (Å²) in [6.07, 6.45) is 8.50. The summed E-state index contributed by atoms with van der Waals surface area (Å²) in [5.74, 6) is 0.297. The van der Waals surface area contributed by atoms with E-state index in [2.05, 4.69) is 23.2 Å². The standard InChI is InChI=1S/C15H13NO/c17-15-10-14(11-6-2-1-3-7-11)16-13-9-5-4-8-12(13)15/h2,4-10H,1,3H2,(H,16,17). The van der Waals surface area contributed by atoms with Crippen LogP contribution in [0, 0.1) is 0 Å².